The predicted octanol–water partition coefficient (Wildman–Crippen LogP) is 1.66. The molecule has 0 atom stereocenters. The molecule has 4 rings (SSSR count). The lowest BCUT2D eigenvalue weighted by molar-refractivity contribution is 0.0948. The molecule has 7 nitrogen and oxygen atoms in total. The van der Waals surface area contributed by atoms with Crippen LogP contribution >= 0.6 is 0 Å². The number of nitrogens with zero attached hydrogens (tertiary/aromatic N) is 2. The molecule has 1 aliphatic heterocycles. The number of H-pyrrole nitrogens is 1. The highest BCUT2D eigenvalue weighted by Gasteiger charge is 2.15. The van der Waals surface area contributed by atoms with Crippen LogP contribution in [0.2, 0.25) is 0 Å². The Morgan fingerprint density at radius 1 is 1.22 bits per heavy atom. The van der Waals surface area contributed by atoms with Crippen molar-refractivity contribution in [2.45, 2.75) is 6.54 Å². The molecule has 0 fully saturated rings. The smallest absolute Gasteiger partial charge is 0.251 e. The molecule has 1 amide bonds. The summed E-state index contributed by atoms with van der Waals surface area (Å²) in [6.07, 6.45) is 3.38. The van der Waals surface area contributed by atoms with E-state index in [2.05, 4.69) is 20.3 Å². The molecule has 116 valence electrons. The molecular weight excluding hydrogens is 296 g/mol. The van der Waals surface area contributed by atoms with E-state index in [0.29, 0.717) is 42.6 Å². The molecule has 2 N–H and O–H groups in total. The molecular formula is C16H14N4O3. The van der Waals surface area contributed by atoms with Crippen LogP contribution in [0.4, 0.5) is 0 Å². The van der Waals surface area contributed by atoms with Crippen molar-refractivity contribution < 1.29 is 14.3 Å². The van der Waals surface area contributed by atoms with Crippen LogP contribution in [0, 0.1) is 0 Å². The number of imidazole rings is 1. The summed E-state index contributed by atoms with van der Waals surface area (Å²) in [4.78, 5) is 23.8. The second-order valence-electron chi connectivity index (χ2n) is 5.12. The van der Waals surface area contributed by atoms with E-state index in [4.69, 9.17) is 9.47 Å². The second kappa shape index (κ2) is 5.60. The molecule has 0 radical (unpaired) electrons. The van der Waals surface area contributed by atoms with Crippen molar-refractivity contribution in [1.82, 2.24) is 20.3 Å². The molecule has 3 aromatic rings. The largest absolute Gasteiger partial charge is 0.486 e. The highest BCUT2D eigenvalue weighted by molar-refractivity contribution is 5.94. The summed E-state index contributed by atoms with van der Waals surface area (Å²) >= 11 is 0. The molecule has 1 aromatic carbocycles. The number of fused-ring (bicyclic) bond motifs is 2. The average molecular weight is 310 g/mol. The van der Waals surface area contributed by atoms with Crippen LogP contribution in [0.25, 0.3) is 11.0 Å². The Bertz CT molecular complexity index is 842. The van der Waals surface area contributed by atoms with Gasteiger partial charge in [-0.15, -0.1) is 0 Å². The van der Waals surface area contributed by atoms with Crippen molar-refractivity contribution in [3.63, 3.8) is 0 Å². The molecule has 2 aromatic heterocycles. The maximum absolute atomic E-state index is 12.3. The first kappa shape index (κ1) is 13.6. The predicted molar refractivity (Wildman–Crippen MR) is 82.5 cm³/mol. The third kappa shape index (κ3) is 2.68. The van der Waals surface area contributed by atoms with Gasteiger partial charge in [-0.2, -0.15) is 0 Å². The first-order valence-electron chi connectivity index (χ1n) is 7.26. The molecule has 0 saturated heterocycles. The molecule has 7 heteroatoms. The van der Waals surface area contributed by atoms with Crippen LogP contribution in [-0.4, -0.2) is 34.1 Å². The van der Waals surface area contributed by atoms with Gasteiger partial charge in [0.15, 0.2) is 11.5 Å². The Kier molecular flexibility index (Phi) is 3.30. The summed E-state index contributed by atoms with van der Waals surface area (Å²) in [5.74, 6) is 1.75. The number of rotatable bonds is 3. The minimum Gasteiger partial charge on any atom is -0.486 e. The number of ether oxygens (including phenoxy) is 2. The van der Waals surface area contributed by atoms with Gasteiger partial charge in [-0.3, -0.25) is 9.78 Å². The topological polar surface area (TPSA) is 89.1 Å². The summed E-state index contributed by atoms with van der Waals surface area (Å²) in [6, 6.07) is 6.96. The molecule has 0 saturated carbocycles. The number of nitrogens with one attached hydrogen (secondary N) is 2. The second-order valence-corrected chi connectivity index (χ2v) is 5.12. The Hall–Kier alpha value is -3.09. The van der Waals surface area contributed by atoms with Crippen LogP contribution in [-0.2, 0) is 6.54 Å². The Morgan fingerprint density at radius 2 is 2.09 bits per heavy atom. The van der Waals surface area contributed by atoms with Crippen LogP contribution in [0.15, 0.2) is 36.7 Å². The van der Waals surface area contributed by atoms with Gasteiger partial charge in [0.25, 0.3) is 5.91 Å². The Labute approximate surface area is 131 Å². The first-order valence-corrected chi connectivity index (χ1v) is 7.26. The number of aromatic amines is 1. The average Bonchev–Trinajstić information content (AvgIpc) is 3.02. The summed E-state index contributed by atoms with van der Waals surface area (Å²) < 4.78 is 10.9. The SMILES string of the molecule is O=C(NCc1nc2ccncc2[nH]1)c1ccc2c(c1)OCCO2. The van der Waals surface area contributed by atoms with Gasteiger partial charge in [-0.1, -0.05) is 0 Å². The zero-order chi connectivity index (χ0) is 15.6. The van der Waals surface area contributed by atoms with E-state index in [1.165, 1.54) is 0 Å². The minimum atomic E-state index is -0.194. The molecule has 0 bridgehead atoms. The lowest BCUT2D eigenvalue weighted by atomic mass is 10.2. The molecule has 0 aliphatic carbocycles. The summed E-state index contributed by atoms with van der Waals surface area (Å²) in [7, 11) is 0. The van der Waals surface area contributed by atoms with Crippen molar-refractivity contribution in [3.8, 4) is 11.5 Å². The van der Waals surface area contributed by atoms with E-state index in [0.717, 1.165) is 11.0 Å². The number of carbonyl (C=O) groups excluding carboxylic acids is 1. The van der Waals surface area contributed by atoms with Gasteiger partial charge in [0.1, 0.15) is 19.0 Å². The third-order valence-corrected chi connectivity index (χ3v) is 3.55. The van der Waals surface area contributed by atoms with Crippen molar-refractivity contribution in [2.75, 3.05) is 13.2 Å². The normalized spacial score (nSPS) is 13.0. The number of aromatic nitrogens is 3. The Morgan fingerprint density at radius 3 is 2.96 bits per heavy atom. The number of hydrogen-bond acceptors (Lipinski definition) is 5. The molecule has 23 heavy (non-hydrogen) atoms. The highest BCUT2D eigenvalue weighted by Crippen LogP contribution is 2.30. The fraction of sp³-hybridized carbons (Fsp3) is 0.188. The van der Waals surface area contributed by atoms with Gasteiger partial charge in [0.05, 0.1) is 23.8 Å². The lowest BCUT2D eigenvalue weighted by Gasteiger charge is -2.18. The van der Waals surface area contributed by atoms with Crippen molar-refractivity contribution in [3.05, 3.63) is 48.0 Å². The number of benzene rings is 1. The fourth-order valence-corrected chi connectivity index (χ4v) is 2.44. The van der Waals surface area contributed by atoms with E-state index >= 15 is 0 Å². The van der Waals surface area contributed by atoms with Gasteiger partial charge < -0.3 is 19.8 Å². The zero-order valence-electron chi connectivity index (χ0n) is 12.2. The van der Waals surface area contributed by atoms with E-state index in [-0.39, 0.29) is 5.91 Å². The molecule has 0 spiro atoms. The molecule has 1 aliphatic rings. The maximum atomic E-state index is 12.3. The van der Waals surface area contributed by atoms with Gasteiger partial charge in [-0.05, 0) is 24.3 Å². The maximum Gasteiger partial charge on any atom is 0.251 e. The Balaban J connectivity index is 1.47. The third-order valence-electron chi connectivity index (χ3n) is 3.55. The highest BCUT2D eigenvalue weighted by atomic mass is 16.6. The van der Waals surface area contributed by atoms with Crippen molar-refractivity contribution >= 4 is 16.9 Å². The summed E-state index contributed by atoms with van der Waals surface area (Å²) in [5, 5.41) is 2.83. The summed E-state index contributed by atoms with van der Waals surface area (Å²) in [6.45, 7) is 1.33. The van der Waals surface area contributed by atoms with Crippen LogP contribution in [0.5, 0.6) is 11.5 Å². The molecule has 3 heterocycles. The summed E-state index contributed by atoms with van der Waals surface area (Å²) in [5.41, 5.74) is 2.19. The van der Waals surface area contributed by atoms with Gasteiger partial charge in [0, 0.05) is 11.8 Å². The monoisotopic (exact) mass is 310 g/mol. The van der Waals surface area contributed by atoms with Gasteiger partial charge >= 0.3 is 0 Å². The van der Waals surface area contributed by atoms with Crippen molar-refractivity contribution in [2.24, 2.45) is 0 Å². The van der Waals surface area contributed by atoms with Gasteiger partial charge in [0.2, 0.25) is 0 Å². The number of amides is 1. The number of carbonyl (C=O) groups is 1. The van der Waals surface area contributed by atoms with E-state index in [1.807, 2.05) is 6.07 Å². The van der Waals surface area contributed by atoms with E-state index < -0.39 is 0 Å². The minimum absolute atomic E-state index is 0.194. The number of pyridine rings is 1. The fourth-order valence-electron chi connectivity index (χ4n) is 2.44. The number of hydrogen-bond donors (Lipinski definition) is 2. The van der Waals surface area contributed by atoms with E-state index in [9.17, 15) is 4.79 Å². The van der Waals surface area contributed by atoms with Crippen LogP contribution in [0.3, 0.4) is 0 Å². The van der Waals surface area contributed by atoms with Crippen molar-refractivity contribution in [1.29, 1.82) is 0 Å². The standard InChI is InChI=1S/C16H14N4O3/c21-16(10-1-2-13-14(7-10)23-6-5-22-13)18-9-15-19-11-3-4-17-8-12(11)20-15/h1-4,7-8H,5-6,9H2,(H,18,21)(H,19,20). The zero-order valence-corrected chi connectivity index (χ0v) is 12.2. The quantitative estimate of drug-likeness (QED) is 0.768. The van der Waals surface area contributed by atoms with Crippen LogP contribution in [0.1, 0.15) is 16.2 Å². The van der Waals surface area contributed by atoms with E-state index in [1.54, 1.807) is 30.6 Å². The first-order chi connectivity index (χ1) is 11.3. The van der Waals surface area contributed by atoms with Crippen LogP contribution < -0.4 is 14.8 Å². The molecule has 0 unspecified atom stereocenters. The lowest BCUT2D eigenvalue weighted by Crippen LogP contribution is -2.24. The van der Waals surface area contributed by atoms with Gasteiger partial charge in [-0.25, -0.2) is 4.98 Å².